The van der Waals surface area contributed by atoms with E-state index in [9.17, 15) is 0 Å². The highest BCUT2D eigenvalue weighted by Crippen LogP contribution is 2.03. The molecule has 0 unspecified atom stereocenters. The Balaban J connectivity index is 2.82. The van der Waals surface area contributed by atoms with Crippen LogP contribution in [0, 0.1) is 0 Å². The van der Waals surface area contributed by atoms with E-state index < -0.39 is 0 Å². The summed E-state index contributed by atoms with van der Waals surface area (Å²) < 4.78 is 0. The van der Waals surface area contributed by atoms with Gasteiger partial charge in [-0.25, -0.2) is 0 Å². The number of nitrogens with one attached hydrogen (secondary N) is 1. The van der Waals surface area contributed by atoms with Crippen molar-refractivity contribution in [2.75, 3.05) is 0 Å². The van der Waals surface area contributed by atoms with E-state index in [-0.39, 0.29) is 5.11 Å². The number of hydrazone groups is 1. The van der Waals surface area contributed by atoms with Crippen molar-refractivity contribution in [1.82, 2.24) is 5.43 Å². The topological polar surface area (TPSA) is 50.4 Å². The Morgan fingerprint density at radius 1 is 1.43 bits per heavy atom. The molecular formula is C10H13N3S. The summed E-state index contributed by atoms with van der Waals surface area (Å²) in [6.45, 7) is 2.03. The minimum atomic E-state index is 0.187. The third kappa shape index (κ3) is 3.14. The van der Waals surface area contributed by atoms with Crippen LogP contribution >= 0.6 is 12.2 Å². The van der Waals surface area contributed by atoms with Crippen LogP contribution < -0.4 is 11.2 Å². The summed E-state index contributed by atoms with van der Waals surface area (Å²) in [5.41, 5.74) is 9.90. The Labute approximate surface area is 89.0 Å². The van der Waals surface area contributed by atoms with E-state index in [1.165, 1.54) is 0 Å². The first-order valence-electron chi connectivity index (χ1n) is 4.41. The van der Waals surface area contributed by atoms with Crippen LogP contribution in [0.1, 0.15) is 18.9 Å². The summed E-state index contributed by atoms with van der Waals surface area (Å²) in [5, 5.41) is 4.30. The molecule has 0 heterocycles. The Morgan fingerprint density at radius 2 is 2.07 bits per heavy atom. The zero-order valence-electron chi connectivity index (χ0n) is 8.03. The summed E-state index contributed by atoms with van der Waals surface area (Å²) in [6.07, 6.45) is 0.833. The molecule has 1 aromatic carbocycles. The highest BCUT2D eigenvalue weighted by atomic mass is 32.1. The average molecular weight is 207 g/mol. The number of benzene rings is 1. The molecule has 1 rings (SSSR count). The van der Waals surface area contributed by atoms with E-state index in [0.29, 0.717) is 0 Å². The molecule has 0 atom stereocenters. The standard InChI is InChI=1S/C10H13N3S/c1-2-9(12-13-10(11)14)8-6-4-3-5-7-8/h3-7H,2H2,1H3,(H3,11,13,14)/b12-9-. The van der Waals surface area contributed by atoms with Crippen molar-refractivity contribution in [2.24, 2.45) is 10.8 Å². The van der Waals surface area contributed by atoms with Gasteiger partial charge in [-0.15, -0.1) is 0 Å². The number of thiocarbonyl (C=S) groups is 1. The van der Waals surface area contributed by atoms with Gasteiger partial charge >= 0.3 is 0 Å². The lowest BCUT2D eigenvalue weighted by Gasteiger charge is -2.03. The predicted octanol–water partition coefficient (Wildman–Crippen LogP) is 1.63. The van der Waals surface area contributed by atoms with Crippen LogP contribution in [0.15, 0.2) is 35.4 Å². The second-order valence-electron chi connectivity index (χ2n) is 2.75. The molecule has 0 aliphatic rings. The molecule has 0 fully saturated rings. The molecule has 4 heteroatoms. The Hall–Kier alpha value is -1.42. The molecule has 3 N–H and O–H groups in total. The minimum absolute atomic E-state index is 0.187. The molecule has 0 aliphatic heterocycles. The van der Waals surface area contributed by atoms with Gasteiger partial charge in [0.15, 0.2) is 5.11 Å². The maximum absolute atomic E-state index is 5.29. The van der Waals surface area contributed by atoms with Crippen molar-refractivity contribution < 1.29 is 0 Å². The van der Waals surface area contributed by atoms with Crippen molar-refractivity contribution in [3.05, 3.63) is 35.9 Å². The average Bonchev–Trinajstić information content (AvgIpc) is 2.20. The second-order valence-corrected chi connectivity index (χ2v) is 3.19. The van der Waals surface area contributed by atoms with Crippen LogP contribution in [0.25, 0.3) is 0 Å². The maximum Gasteiger partial charge on any atom is 0.184 e. The third-order valence-corrected chi connectivity index (χ3v) is 1.83. The van der Waals surface area contributed by atoms with E-state index in [1.54, 1.807) is 0 Å². The second kappa shape index (κ2) is 5.34. The lowest BCUT2D eigenvalue weighted by atomic mass is 10.1. The third-order valence-electron chi connectivity index (χ3n) is 1.74. The summed E-state index contributed by atoms with van der Waals surface area (Å²) in [4.78, 5) is 0. The molecular weight excluding hydrogens is 194 g/mol. The Bertz CT molecular complexity index is 332. The number of nitrogens with zero attached hydrogens (tertiary/aromatic N) is 1. The van der Waals surface area contributed by atoms with Crippen LogP contribution in [-0.2, 0) is 0 Å². The first kappa shape index (κ1) is 10.7. The normalized spacial score (nSPS) is 11.1. The molecule has 0 bridgehead atoms. The summed E-state index contributed by atoms with van der Waals surface area (Å²) >= 11 is 4.67. The summed E-state index contributed by atoms with van der Waals surface area (Å²) in [6, 6.07) is 9.92. The highest BCUT2D eigenvalue weighted by Gasteiger charge is 1.99. The van der Waals surface area contributed by atoms with Crippen molar-refractivity contribution in [1.29, 1.82) is 0 Å². The van der Waals surface area contributed by atoms with Gasteiger partial charge in [0.25, 0.3) is 0 Å². The van der Waals surface area contributed by atoms with Crippen LogP contribution in [0.4, 0.5) is 0 Å². The van der Waals surface area contributed by atoms with E-state index in [0.717, 1.165) is 17.7 Å². The molecule has 0 aromatic heterocycles. The minimum Gasteiger partial charge on any atom is -0.375 e. The van der Waals surface area contributed by atoms with Gasteiger partial charge in [-0.3, -0.25) is 5.43 Å². The van der Waals surface area contributed by atoms with E-state index >= 15 is 0 Å². The van der Waals surface area contributed by atoms with Crippen molar-refractivity contribution >= 4 is 23.0 Å². The molecule has 0 saturated carbocycles. The number of hydrogen-bond acceptors (Lipinski definition) is 2. The van der Waals surface area contributed by atoms with E-state index in [1.807, 2.05) is 37.3 Å². The molecule has 3 nitrogen and oxygen atoms in total. The summed E-state index contributed by atoms with van der Waals surface area (Å²) in [5.74, 6) is 0. The van der Waals surface area contributed by atoms with Crippen molar-refractivity contribution in [3.63, 3.8) is 0 Å². The van der Waals surface area contributed by atoms with Gasteiger partial charge in [0.1, 0.15) is 0 Å². The fraction of sp³-hybridized carbons (Fsp3) is 0.200. The lowest BCUT2D eigenvalue weighted by Crippen LogP contribution is -2.25. The predicted molar refractivity (Wildman–Crippen MR) is 63.2 cm³/mol. The van der Waals surface area contributed by atoms with Gasteiger partial charge in [0, 0.05) is 0 Å². The smallest absolute Gasteiger partial charge is 0.184 e. The van der Waals surface area contributed by atoms with Crippen LogP contribution in [0.2, 0.25) is 0 Å². The lowest BCUT2D eigenvalue weighted by molar-refractivity contribution is 1.01. The number of hydrogen-bond donors (Lipinski definition) is 2. The molecule has 14 heavy (non-hydrogen) atoms. The SMILES string of the molecule is CC/C(=N/NC(N)=S)c1ccccc1. The first-order chi connectivity index (χ1) is 6.74. The molecule has 0 amide bonds. The fourth-order valence-corrected chi connectivity index (χ4v) is 1.15. The largest absolute Gasteiger partial charge is 0.375 e. The van der Waals surface area contributed by atoms with Gasteiger partial charge in [-0.05, 0) is 24.2 Å². The van der Waals surface area contributed by atoms with Crippen LogP contribution in [0.3, 0.4) is 0 Å². The Morgan fingerprint density at radius 3 is 2.57 bits per heavy atom. The van der Waals surface area contributed by atoms with Crippen molar-refractivity contribution in [3.8, 4) is 0 Å². The Kier molecular flexibility index (Phi) is 4.07. The van der Waals surface area contributed by atoms with Gasteiger partial charge in [-0.1, -0.05) is 37.3 Å². The van der Waals surface area contributed by atoms with E-state index in [2.05, 4.69) is 22.7 Å². The molecule has 0 aliphatic carbocycles. The van der Waals surface area contributed by atoms with Gasteiger partial charge in [0.05, 0.1) is 5.71 Å². The molecule has 0 radical (unpaired) electrons. The van der Waals surface area contributed by atoms with Gasteiger partial charge in [0.2, 0.25) is 0 Å². The van der Waals surface area contributed by atoms with E-state index in [4.69, 9.17) is 5.73 Å². The van der Waals surface area contributed by atoms with Gasteiger partial charge < -0.3 is 5.73 Å². The molecule has 1 aromatic rings. The van der Waals surface area contributed by atoms with Crippen LogP contribution in [-0.4, -0.2) is 10.8 Å². The highest BCUT2D eigenvalue weighted by molar-refractivity contribution is 7.80. The molecule has 0 saturated heterocycles. The zero-order chi connectivity index (χ0) is 10.4. The first-order valence-corrected chi connectivity index (χ1v) is 4.82. The monoisotopic (exact) mass is 207 g/mol. The van der Waals surface area contributed by atoms with Crippen LogP contribution in [0.5, 0.6) is 0 Å². The fourth-order valence-electron chi connectivity index (χ4n) is 1.10. The quantitative estimate of drug-likeness (QED) is 0.450. The van der Waals surface area contributed by atoms with Gasteiger partial charge in [-0.2, -0.15) is 5.10 Å². The summed E-state index contributed by atoms with van der Waals surface area (Å²) in [7, 11) is 0. The zero-order valence-corrected chi connectivity index (χ0v) is 8.84. The maximum atomic E-state index is 5.29. The number of nitrogens with two attached hydrogens (primary N) is 1. The molecule has 74 valence electrons. The van der Waals surface area contributed by atoms with Crippen molar-refractivity contribution in [2.45, 2.75) is 13.3 Å². The molecule has 0 spiro atoms. The number of rotatable bonds is 3.